The molecule has 0 atom stereocenters. The maximum atomic E-state index is 12.5. The molecule has 2 aromatic rings. The van der Waals surface area contributed by atoms with E-state index in [9.17, 15) is 14.9 Å². The third-order valence-electron chi connectivity index (χ3n) is 4.21. The van der Waals surface area contributed by atoms with Gasteiger partial charge in [-0.3, -0.25) is 4.79 Å². The van der Waals surface area contributed by atoms with Gasteiger partial charge >= 0.3 is 5.97 Å². The zero-order chi connectivity index (χ0) is 21.7. The summed E-state index contributed by atoms with van der Waals surface area (Å²) in [5, 5.41) is 12.7. The fraction of sp³-hybridized carbons (Fsp3) is 0.227. The summed E-state index contributed by atoms with van der Waals surface area (Å²) in [5.41, 5.74) is 0.711. The second-order valence-electron chi connectivity index (χ2n) is 6.57. The number of carbonyl (C=O) groups is 2. The van der Waals surface area contributed by atoms with Gasteiger partial charge in [0.15, 0.2) is 11.5 Å². The van der Waals surface area contributed by atoms with Crippen molar-refractivity contribution in [2.24, 2.45) is 0 Å². The number of rotatable bonds is 7. The van der Waals surface area contributed by atoms with Crippen molar-refractivity contribution in [3.8, 4) is 17.6 Å². The second-order valence-corrected chi connectivity index (χ2v) is 7.41. The summed E-state index contributed by atoms with van der Waals surface area (Å²) in [7, 11) is 0. The van der Waals surface area contributed by atoms with E-state index in [1.165, 1.54) is 30.3 Å². The maximum Gasteiger partial charge on any atom is 0.345 e. The fourth-order valence-corrected chi connectivity index (χ4v) is 3.07. The van der Waals surface area contributed by atoms with E-state index in [1.807, 2.05) is 6.07 Å². The molecule has 0 radical (unpaired) electrons. The number of benzene rings is 2. The molecule has 8 heteroatoms. The Morgan fingerprint density at radius 1 is 1.20 bits per heavy atom. The largest absolute Gasteiger partial charge is 0.490 e. The Kier molecular flexibility index (Phi) is 6.99. The summed E-state index contributed by atoms with van der Waals surface area (Å²) in [4.78, 5) is 24.6. The summed E-state index contributed by atoms with van der Waals surface area (Å²) in [6.45, 7) is 2.11. The quantitative estimate of drug-likeness (QED) is 0.286. The van der Waals surface area contributed by atoms with Crippen molar-refractivity contribution in [1.82, 2.24) is 5.32 Å². The Bertz CT molecular complexity index is 1060. The van der Waals surface area contributed by atoms with Crippen LogP contribution in [-0.2, 0) is 4.79 Å². The van der Waals surface area contributed by atoms with Crippen LogP contribution in [0.25, 0.3) is 6.08 Å². The van der Waals surface area contributed by atoms with Crippen molar-refractivity contribution in [3.05, 3.63) is 63.1 Å². The van der Waals surface area contributed by atoms with Crippen LogP contribution in [0.5, 0.6) is 11.5 Å². The molecule has 154 valence electrons. The number of amides is 1. The first-order valence-corrected chi connectivity index (χ1v) is 10.0. The summed E-state index contributed by atoms with van der Waals surface area (Å²) in [6.07, 6.45) is 3.31. The van der Waals surface area contributed by atoms with E-state index < -0.39 is 11.9 Å². The van der Waals surface area contributed by atoms with Crippen molar-refractivity contribution >= 4 is 41.2 Å². The number of hydrogen-bond donors (Lipinski definition) is 1. The van der Waals surface area contributed by atoms with Crippen molar-refractivity contribution < 1.29 is 19.1 Å². The Hall–Kier alpha value is -3.01. The van der Waals surface area contributed by atoms with Gasteiger partial charge in [-0.25, -0.2) is 4.79 Å². The normalized spacial score (nSPS) is 13.3. The van der Waals surface area contributed by atoms with E-state index in [-0.39, 0.29) is 28.0 Å². The lowest BCUT2D eigenvalue weighted by Gasteiger charge is -2.12. The van der Waals surface area contributed by atoms with Crippen molar-refractivity contribution in [3.63, 3.8) is 0 Å². The van der Waals surface area contributed by atoms with E-state index in [2.05, 4.69) is 5.32 Å². The molecule has 3 rings (SSSR count). The highest BCUT2D eigenvalue weighted by Crippen LogP contribution is 2.31. The summed E-state index contributed by atoms with van der Waals surface area (Å²) >= 11 is 11.9. The number of halogens is 2. The Labute approximate surface area is 184 Å². The van der Waals surface area contributed by atoms with Crippen LogP contribution in [-0.4, -0.2) is 24.5 Å². The van der Waals surface area contributed by atoms with Crippen LogP contribution in [0.1, 0.15) is 35.7 Å². The lowest BCUT2D eigenvalue weighted by atomic mass is 10.1. The topological polar surface area (TPSA) is 88.4 Å². The number of hydrogen-bond acceptors (Lipinski definition) is 5. The zero-order valence-electron chi connectivity index (χ0n) is 16.1. The molecule has 0 heterocycles. The van der Waals surface area contributed by atoms with Gasteiger partial charge in [-0.1, -0.05) is 29.3 Å². The minimum atomic E-state index is -0.664. The SMILES string of the molecule is CCOc1cc(/C=C(\C#N)C(=O)NC2CC2)ccc1OC(=O)c1ccc(Cl)cc1Cl. The highest BCUT2D eigenvalue weighted by Gasteiger charge is 2.25. The number of carbonyl (C=O) groups excluding carboxylic acids is 2. The monoisotopic (exact) mass is 444 g/mol. The van der Waals surface area contributed by atoms with Gasteiger partial charge in [0, 0.05) is 11.1 Å². The molecular weight excluding hydrogens is 427 g/mol. The van der Waals surface area contributed by atoms with Crippen molar-refractivity contribution in [1.29, 1.82) is 5.26 Å². The summed E-state index contributed by atoms with van der Waals surface area (Å²) in [6, 6.07) is 11.3. The standard InChI is InChI=1S/C22H18Cl2N2O4/c1-2-29-20-10-13(9-14(12-25)21(27)26-16-5-6-16)3-8-19(20)30-22(28)17-7-4-15(23)11-18(17)24/h3-4,7-11,16H,2,5-6H2,1H3,(H,26,27)/b14-9+. The molecule has 1 aliphatic carbocycles. The molecule has 1 fully saturated rings. The third-order valence-corrected chi connectivity index (χ3v) is 4.76. The molecular formula is C22H18Cl2N2O4. The van der Waals surface area contributed by atoms with Gasteiger partial charge in [0.2, 0.25) is 0 Å². The van der Waals surface area contributed by atoms with Gasteiger partial charge in [-0.2, -0.15) is 5.26 Å². The average Bonchev–Trinajstić information content (AvgIpc) is 3.51. The van der Waals surface area contributed by atoms with Crippen molar-refractivity contribution in [2.75, 3.05) is 6.61 Å². The van der Waals surface area contributed by atoms with Gasteiger partial charge in [0.1, 0.15) is 11.6 Å². The van der Waals surface area contributed by atoms with Crippen LogP contribution in [0.3, 0.4) is 0 Å². The lowest BCUT2D eigenvalue weighted by Crippen LogP contribution is -2.26. The van der Waals surface area contributed by atoms with Crippen LogP contribution in [0.2, 0.25) is 10.0 Å². The highest BCUT2D eigenvalue weighted by atomic mass is 35.5. The van der Waals surface area contributed by atoms with Crippen LogP contribution >= 0.6 is 23.2 Å². The van der Waals surface area contributed by atoms with Gasteiger partial charge in [0.05, 0.1) is 17.2 Å². The van der Waals surface area contributed by atoms with E-state index in [0.29, 0.717) is 22.9 Å². The number of nitriles is 1. The highest BCUT2D eigenvalue weighted by molar-refractivity contribution is 6.36. The molecule has 0 aliphatic heterocycles. The molecule has 0 aromatic heterocycles. The van der Waals surface area contributed by atoms with Gasteiger partial charge in [-0.15, -0.1) is 0 Å². The Balaban J connectivity index is 1.83. The second kappa shape index (κ2) is 9.66. The van der Waals surface area contributed by atoms with Crippen LogP contribution < -0.4 is 14.8 Å². The average molecular weight is 445 g/mol. The first-order chi connectivity index (χ1) is 14.4. The van der Waals surface area contributed by atoms with E-state index in [0.717, 1.165) is 12.8 Å². The first-order valence-electron chi connectivity index (χ1n) is 9.28. The van der Waals surface area contributed by atoms with Gasteiger partial charge < -0.3 is 14.8 Å². The molecule has 1 N–H and O–H groups in total. The summed E-state index contributed by atoms with van der Waals surface area (Å²) < 4.78 is 11.0. The lowest BCUT2D eigenvalue weighted by molar-refractivity contribution is -0.117. The van der Waals surface area contributed by atoms with Gasteiger partial charge in [-0.05, 0) is 61.7 Å². The minimum absolute atomic E-state index is 0.0120. The third kappa shape index (κ3) is 5.53. The summed E-state index contributed by atoms with van der Waals surface area (Å²) in [5.74, 6) is -0.594. The van der Waals surface area contributed by atoms with Gasteiger partial charge in [0.25, 0.3) is 5.91 Å². The molecule has 1 aliphatic rings. The maximum absolute atomic E-state index is 12.5. The van der Waals surface area contributed by atoms with Crippen LogP contribution in [0.4, 0.5) is 0 Å². The van der Waals surface area contributed by atoms with E-state index in [1.54, 1.807) is 19.1 Å². The number of esters is 1. The predicted octanol–water partition coefficient (Wildman–Crippen LogP) is 4.80. The smallest absolute Gasteiger partial charge is 0.345 e. The van der Waals surface area contributed by atoms with E-state index in [4.69, 9.17) is 32.7 Å². The predicted molar refractivity (Wildman–Crippen MR) is 114 cm³/mol. The molecule has 30 heavy (non-hydrogen) atoms. The molecule has 1 amide bonds. The number of nitrogens with one attached hydrogen (secondary N) is 1. The van der Waals surface area contributed by atoms with Crippen LogP contribution in [0, 0.1) is 11.3 Å². The molecule has 0 bridgehead atoms. The minimum Gasteiger partial charge on any atom is -0.490 e. The molecule has 0 unspecified atom stereocenters. The van der Waals surface area contributed by atoms with Crippen molar-refractivity contribution in [2.45, 2.75) is 25.8 Å². The number of ether oxygens (including phenoxy) is 2. The molecule has 6 nitrogen and oxygen atoms in total. The number of nitrogens with zero attached hydrogens (tertiary/aromatic N) is 1. The molecule has 0 saturated heterocycles. The van der Waals surface area contributed by atoms with Crippen LogP contribution in [0.15, 0.2) is 42.0 Å². The first kappa shape index (κ1) is 21.7. The molecule has 1 saturated carbocycles. The Morgan fingerprint density at radius 3 is 2.60 bits per heavy atom. The van der Waals surface area contributed by atoms with E-state index >= 15 is 0 Å². The zero-order valence-corrected chi connectivity index (χ0v) is 17.6. The fourth-order valence-electron chi connectivity index (χ4n) is 2.58. The molecule has 0 spiro atoms. The Morgan fingerprint density at radius 2 is 1.97 bits per heavy atom. The molecule has 2 aromatic carbocycles.